The average molecular weight is 520 g/mol. The van der Waals surface area contributed by atoms with Gasteiger partial charge in [-0.25, -0.2) is 8.78 Å². The number of rotatable bonds is 5. The second-order valence-corrected chi connectivity index (χ2v) is 9.77. The fourth-order valence-electron chi connectivity index (χ4n) is 4.33. The molecule has 5 rings (SSSR count). The van der Waals surface area contributed by atoms with Gasteiger partial charge in [-0.05, 0) is 77.5 Å². The number of nitrogens with zero attached hydrogens (tertiary/aromatic N) is 3. The molecule has 9 heteroatoms. The quantitative estimate of drug-likeness (QED) is 0.436. The molecule has 3 amide bonds. The molecule has 0 radical (unpaired) electrons. The number of carbonyl (C=O) groups is 3. The number of piperazine rings is 1. The summed E-state index contributed by atoms with van der Waals surface area (Å²) >= 11 is 0.837. The van der Waals surface area contributed by atoms with Crippen LogP contribution in [-0.4, -0.2) is 53.0 Å². The lowest BCUT2D eigenvalue weighted by Gasteiger charge is -2.36. The zero-order chi connectivity index (χ0) is 25.9. The van der Waals surface area contributed by atoms with Crippen LogP contribution in [0.4, 0.5) is 19.3 Å². The van der Waals surface area contributed by atoms with Gasteiger partial charge in [0.05, 0.1) is 11.4 Å². The van der Waals surface area contributed by atoms with E-state index in [0.29, 0.717) is 42.9 Å². The fraction of sp³-hybridized carbons (Fsp3) is 0.179. The highest BCUT2D eigenvalue weighted by molar-refractivity contribution is 8.18. The lowest BCUT2D eigenvalue weighted by atomic mass is 10.1. The van der Waals surface area contributed by atoms with Crippen LogP contribution in [0.15, 0.2) is 77.7 Å². The summed E-state index contributed by atoms with van der Waals surface area (Å²) in [6.07, 6.45) is 1.62. The lowest BCUT2D eigenvalue weighted by Crippen LogP contribution is -2.48. The smallest absolute Gasteiger partial charge is 0.293 e. The molecule has 37 heavy (non-hydrogen) atoms. The third-order valence-corrected chi connectivity index (χ3v) is 7.22. The van der Waals surface area contributed by atoms with Crippen molar-refractivity contribution in [1.29, 1.82) is 0 Å². The van der Waals surface area contributed by atoms with Crippen molar-refractivity contribution in [1.82, 2.24) is 9.80 Å². The van der Waals surface area contributed by atoms with E-state index in [1.54, 1.807) is 53.4 Å². The molecular formula is C28H23F2N3O3S. The van der Waals surface area contributed by atoms with E-state index >= 15 is 0 Å². The molecular weight excluding hydrogens is 496 g/mol. The minimum absolute atomic E-state index is 0.00162. The number of benzene rings is 3. The predicted octanol–water partition coefficient (Wildman–Crippen LogP) is 5.16. The zero-order valence-electron chi connectivity index (χ0n) is 19.8. The van der Waals surface area contributed by atoms with Crippen molar-refractivity contribution >= 4 is 40.6 Å². The van der Waals surface area contributed by atoms with E-state index in [1.165, 1.54) is 30.3 Å². The molecule has 188 valence electrons. The van der Waals surface area contributed by atoms with Crippen LogP contribution in [0, 0.1) is 11.6 Å². The molecule has 0 aromatic heterocycles. The van der Waals surface area contributed by atoms with E-state index in [4.69, 9.17) is 0 Å². The van der Waals surface area contributed by atoms with Crippen LogP contribution < -0.4 is 4.90 Å². The molecule has 6 nitrogen and oxygen atoms in total. The molecule has 2 aliphatic rings. The Balaban J connectivity index is 1.20. The monoisotopic (exact) mass is 519 g/mol. The SMILES string of the molecule is O=C(c1ccc(/C=C2\SC(=O)N(Cc3cccc(F)c3)C2=O)cc1)N1CCN(c2ccc(F)cc2)CC1. The van der Waals surface area contributed by atoms with Crippen LogP contribution in [-0.2, 0) is 11.3 Å². The van der Waals surface area contributed by atoms with Crippen molar-refractivity contribution in [2.45, 2.75) is 6.54 Å². The highest BCUT2D eigenvalue weighted by Crippen LogP contribution is 2.33. The molecule has 0 unspecified atom stereocenters. The Labute approximate surface area is 217 Å². The Kier molecular flexibility index (Phi) is 7.05. The first kappa shape index (κ1) is 24.7. The van der Waals surface area contributed by atoms with Crippen LogP contribution in [0.5, 0.6) is 0 Å². The molecule has 2 saturated heterocycles. The zero-order valence-corrected chi connectivity index (χ0v) is 20.6. The van der Waals surface area contributed by atoms with Gasteiger partial charge in [-0.2, -0.15) is 0 Å². The minimum Gasteiger partial charge on any atom is -0.368 e. The van der Waals surface area contributed by atoms with E-state index in [2.05, 4.69) is 4.90 Å². The lowest BCUT2D eigenvalue weighted by molar-refractivity contribution is -0.123. The molecule has 0 spiro atoms. The molecule has 2 fully saturated rings. The van der Waals surface area contributed by atoms with Crippen molar-refractivity contribution in [3.8, 4) is 0 Å². The number of halogens is 2. The third-order valence-electron chi connectivity index (χ3n) is 6.32. The third kappa shape index (κ3) is 5.56. The van der Waals surface area contributed by atoms with Gasteiger partial charge in [0, 0.05) is 37.4 Å². The molecule has 2 aliphatic heterocycles. The number of hydrogen-bond acceptors (Lipinski definition) is 5. The first-order valence-electron chi connectivity index (χ1n) is 11.8. The first-order chi connectivity index (χ1) is 17.9. The van der Waals surface area contributed by atoms with Crippen molar-refractivity contribution in [2.75, 3.05) is 31.1 Å². The normalized spacial score (nSPS) is 17.1. The van der Waals surface area contributed by atoms with Crippen molar-refractivity contribution in [3.05, 3.63) is 106 Å². The van der Waals surface area contributed by atoms with Gasteiger partial charge < -0.3 is 9.80 Å². The van der Waals surface area contributed by atoms with E-state index in [1.807, 2.05) is 0 Å². The van der Waals surface area contributed by atoms with Gasteiger partial charge in [0.15, 0.2) is 0 Å². The van der Waals surface area contributed by atoms with Crippen molar-refractivity contribution < 1.29 is 23.2 Å². The molecule has 0 N–H and O–H groups in total. The molecule has 3 aromatic rings. The van der Waals surface area contributed by atoms with Crippen molar-refractivity contribution in [2.24, 2.45) is 0 Å². The van der Waals surface area contributed by atoms with Crippen LogP contribution >= 0.6 is 11.8 Å². The summed E-state index contributed by atoms with van der Waals surface area (Å²) in [6, 6.07) is 19.0. The second kappa shape index (κ2) is 10.6. The molecule has 2 heterocycles. The number of amides is 3. The highest BCUT2D eigenvalue weighted by atomic mass is 32.2. The number of thioether (sulfide) groups is 1. The number of hydrogen-bond donors (Lipinski definition) is 0. The van der Waals surface area contributed by atoms with Gasteiger partial charge in [0.25, 0.3) is 17.1 Å². The van der Waals surface area contributed by atoms with E-state index in [-0.39, 0.29) is 23.2 Å². The highest BCUT2D eigenvalue weighted by Gasteiger charge is 2.35. The van der Waals surface area contributed by atoms with Crippen molar-refractivity contribution in [3.63, 3.8) is 0 Å². The maximum Gasteiger partial charge on any atom is 0.293 e. The number of imide groups is 1. The Morgan fingerprint density at radius 1 is 0.865 bits per heavy atom. The molecule has 0 bridgehead atoms. The number of carbonyl (C=O) groups excluding carboxylic acids is 3. The molecule has 0 aliphatic carbocycles. The molecule has 0 saturated carbocycles. The van der Waals surface area contributed by atoms with Crippen LogP contribution in [0.1, 0.15) is 21.5 Å². The average Bonchev–Trinajstić information content (AvgIpc) is 3.16. The predicted molar refractivity (Wildman–Crippen MR) is 139 cm³/mol. The first-order valence-corrected chi connectivity index (χ1v) is 12.6. The van der Waals surface area contributed by atoms with E-state index in [0.717, 1.165) is 22.3 Å². The summed E-state index contributed by atoms with van der Waals surface area (Å²) in [5.41, 5.74) is 2.68. The maximum atomic E-state index is 13.5. The Hall–Kier alpha value is -3.98. The van der Waals surface area contributed by atoms with Gasteiger partial charge in [-0.1, -0.05) is 24.3 Å². The van der Waals surface area contributed by atoms with Crippen LogP contribution in [0.25, 0.3) is 6.08 Å². The number of anilines is 1. The minimum atomic E-state index is -0.432. The van der Waals surface area contributed by atoms with E-state index < -0.39 is 17.0 Å². The van der Waals surface area contributed by atoms with Crippen LogP contribution in [0.3, 0.4) is 0 Å². The van der Waals surface area contributed by atoms with Gasteiger partial charge >= 0.3 is 0 Å². The van der Waals surface area contributed by atoms with Gasteiger partial charge in [0.1, 0.15) is 11.6 Å². The maximum absolute atomic E-state index is 13.5. The summed E-state index contributed by atoms with van der Waals surface area (Å²) in [6.45, 7) is 2.41. The molecule has 0 atom stereocenters. The van der Waals surface area contributed by atoms with Crippen LogP contribution in [0.2, 0.25) is 0 Å². The Morgan fingerprint density at radius 3 is 2.24 bits per heavy atom. The molecule has 3 aromatic carbocycles. The topological polar surface area (TPSA) is 60.9 Å². The summed E-state index contributed by atoms with van der Waals surface area (Å²) in [5.74, 6) is -1.22. The summed E-state index contributed by atoms with van der Waals surface area (Å²) in [5, 5.41) is -0.410. The fourth-order valence-corrected chi connectivity index (χ4v) is 5.17. The summed E-state index contributed by atoms with van der Waals surface area (Å²) in [4.78, 5) is 43.4. The van der Waals surface area contributed by atoms with Gasteiger partial charge in [-0.3, -0.25) is 19.3 Å². The van der Waals surface area contributed by atoms with E-state index in [9.17, 15) is 23.2 Å². The summed E-state index contributed by atoms with van der Waals surface area (Å²) in [7, 11) is 0. The second-order valence-electron chi connectivity index (χ2n) is 8.78. The van der Waals surface area contributed by atoms with Gasteiger partial charge in [0.2, 0.25) is 0 Å². The largest absolute Gasteiger partial charge is 0.368 e. The Bertz CT molecular complexity index is 1370. The summed E-state index contributed by atoms with van der Waals surface area (Å²) < 4.78 is 26.6. The standard InChI is InChI=1S/C28H23F2N3O3S/c29-22-8-10-24(11-9-22)31-12-14-32(15-13-31)26(34)21-6-4-19(5-7-21)17-25-27(35)33(28(36)37-25)18-20-2-1-3-23(30)16-20/h1-11,16-17H,12-15,18H2/b25-17-. The Morgan fingerprint density at radius 2 is 1.57 bits per heavy atom. The van der Waals surface area contributed by atoms with Gasteiger partial charge in [-0.15, -0.1) is 0 Å².